The van der Waals surface area contributed by atoms with Gasteiger partial charge in [-0.2, -0.15) is 9.40 Å². The van der Waals surface area contributed by atoms with Crippen molar-refractivity contribution < 1.29 is 8.42 Å². The number of nitrogens with zero attached hydrogens (tertiary/aromatic N) is 4. The van der Waals surface area contributed by atoms with Crippen LogP contribution < -0.4 is 0 Å². The van der Waals surface area contributed by atoms with Crippen molar-refractivity contribution in [3.63, 3.8) is 0 Å². The van der Waals surface area contributed by atoms with E-state index in [9.17, 15) is 8.42 Å². The standard InChI is InChI=1S/C17H22N4O2S/c22-24(23,17-13-19-21-10-2-1-3-16(17)21)20-11-6-15(7-12-20)14-4-8-18-9-5-14/h4-5,8-9,13,15H,1-3,6-7,10-12H2. The minimum atomic E-state index is -3.43. The molecule has 0 radical (unpaired) electrons. The Hall–Kier alpha value is -1.73. The maximum Gasteiger partial charge on any atom is 0.246 e. The average molecular weight is 346 g/mol. The maximum absolute atomic E-state index is 13.0. The quantitative estimate of drug-likeness (QED) is 0.854. The minimum Gasteiger partial charge on any atom is -0.268 e. The van der Waals surface area contributed by atoms with E-state index in [4.69, 9.17) is 0 Å². The third kappa shape index (κ3) is 2.75. The van der Waals surface area contributed by atoms with Crippen LogP contribution >= 0.6 is 0 Å². The third-order valence-corrected chi connectivity index (χ3v) is 7.13. The molecule has 4 rings (SSSR count). The van der Waals surface area contributed by atoms with Crippen molar-refractivity contribution in [2.75, 3.05) is 13.1 Å². The number of aromatic nitrogens is 3. The van der Waals surface area contributed by atoms with Gasteiger partial charge in [0.05, 0.1) is 11.9 Å². The number of sulfonamides is 1. The van der Waals surface area contributed by atoms with E-state index >= 15 is 0 Å². The van der Waals surface area contributed by atoms with E-state index < -0.39 is 10.0 Å². The van der Waals surface area contributed by atoms with E-state index in [1.165, 1.54) is 5.56 Å². The summed E-state index contributed by atoms with van der Waals surface area (Å²) in [5, 5.41) is 4.28. The van der Waals surface area contributed by atoms with Crippen molar-refractivity contribution in [3.8, 4) is 0 Å². The molecular formula is C17H22N4O2S. The Morgan fingerprint density at radius 3 is 2.54 bits per heavy atom. The lowest BCUT2D eigenvalue weighted by Gasteiger charge is -2.31. The van der Waals surface area contributed by atoms with Crippen molar-refractivity contribution in [2.24, 2.45) is 0 Å². The highest BCUT2D eigenvalue weighted by molar-refractivity contribution is 7.89. The van der Waals surface area contributed by atoms with Crippen LogP contribution in [0.1, 0.15) is 42.9 Å². The fourth-order valence-corrected chi connectivity index (χ4v) is 5.47. The molecule has 0 aromatic carbocycles. The molecule has 2 aromatic heterocycles. The molecular weight excluding hydrogens is 324 g/mol. The Morgan fingerprint density at radius 1 is 1.04 bits per heavy atom. The van der Waals surface area contributed by atoms with Crippen LogP contribution in [0.5, 0.6) is 0 Å². The first-order chi connectivity index (χ1) is 11.7. The zero-order valence-corrected chi connectivity index (χ0v) is 14.5. The molecule has 2 aliphatic rings. The number of piperidine rings is 1. The Bertz CT molecular complexity index is 808. The van der Waals surface area contributed by atoms with Gasteiger partial charge in [0, 0.05) is 32.0 Å². The summed E-state index contributed by atoms with van der Waals surface area (Å²) in [6.45, 7) is 1.97. The molecule has 4 heterocycles. The Kier molecular flexibility index (Phi) is 4.14. The molecule has 0 amide bonds. The molecule has 0 aliphatic carbocycles. The van der Waals surface area contributed by atoms with E-state index in [1.807, 2.05) is 16.8 Å². The molecule has 24 heavy (non-hydrogen) atoms. The summed E-state index contributed by atoms with van der Waals surface area (Å²) in [4.78, 5) is 4.47. The first-order valence-corrected chi connectivity index (χ1v) is 10.0. The normalized spacial score (nSPS) is 20.0. The topological polar surface area (TPSA) is 68.1 Å². The molecule has 0 bridgehead atoms. The molecule has 1 fully saturated rings. The molecule has 1 saturated heterocycles. The zero-order valence-electron chi connectivity index (χ0n) is 13.6. The first-order valence-electron chi connectivity index (χ1n) is 8.61. The molecule has 0 spiro atoms. The van der Waals surface area contributed by atoms with E-state index in [0.717, 1.165) is 44.3 Å². The SMILES string of the molecule is O=S(=O)(c1cnn2c1CCCC2)N1CCC(c2ccncc2)CC1. The second-order valence-electron chi connectivity index (χ2n) is 6.59. The fraction of sp³-hybridized carbons (Fsp3) is 0.529. The number of pyridine rings is 1. The summed E-state index contributed by atoms with van der Waals surface area (Å²) in [7, 11) is -3.43. The van der Waals surface area contributed by atoms with Crippen LogP contribution in [0.15, 0.2) is 35.6 Å². The monoisotopic (exact) mass is 346 g/mol. The molecule has 0 atom stereocenters. The van der Waals surface area contributed by atoms with Crippen LogP contribution in [0.3, 0.4) is 0 Å². The van der Waals surface area contributed by atoms with Gasteiger partial charge in [0.1, 0.15) is 4.90 Å². The van der Waals surface area contributed by atoms with Gasteiger partial charge < -0.3 is 0 Å². The Balaban J connectivity index is 1.51. The molecule has 2 aliphatic heterocycles. The van der Waals surface area contributed by atoms with E-state index in [1.54, 1.807) is 22.9 Å². The van der Waals surface area contributed by atoms with Crippen LogP contribution in [0.4, 0.5) is 0 Å². The zero-order chi connectivity index (χ0) is 16.6. The van der Waals surface area contributed by atoms with Crippen molar-refractivity contribution >= 4 is 10.0 Å². The van der Waals surface area contributed by atoms with Crippen molar-refractivity contribution in [2.45, 2.75) is 49.5 Å². The van der Waals surface area contributed by atoms with Crippen LogP contribution in [-0.4, -0.2) is 40.6 Å². The number of hydrogen-bond donors (Lipinski definition) is 0. The minimum absolute atomic E-state index is 0.417. The summed E-state index contributed by atoms with van der Waals surface area (Å²) in [5.74, 6) is 0.417. The van der Waals surface area contributed by atoms with Crippen molar-refractivity contribution in [1.82, 2.24) is 19.1 Å². The van der Waals surface area contributed by atoms with Gasteiger partial charge in [0.15, 0.2) is 0 Å². The number of fused-ring (bicyclic) bond motifs is 1. The molecule has 128 valence electrons. The summed E-state index contributed by atoms with van der Waals surface area (Å²) < 4.78 is 29.5. The van der Waals surface area contributed by atoms with Crippen molar-refractivity contribution in [3.05, 3.63) is 42.0 Å². The molecule has 0 N–H and O–H groups in total. The van der Waals surface area contributed by atoms with E-state index in [2.05, 4.69) is 10.1 Å². The van der Waals surface area contributed by atoms with Gasteiger partial charge in [-0.05, 0) is 55.7 Å². The second-order valence-corrected chi connectivity index (χ2v) is 8.50. The van der Waals surface area contributed by atoms with Gasteiger partial charge in [0.2, 0.25) is 10.0 Å². The van der Waals surface area contributed by atoms with Crippen LogP contribution in [0, 0.1) is 0 Å². The number of aryl methyl sites for hydroxylation is 1. The maximum atomic E-state index is 13.0. The molecule has 7 heteroatoms. The smallest absolute Gasteiger partial charge is 0.246 e. The van der Waals surface area contributed by atoms with Gasteiger partial charge in [-0.1, -0.05) is 0 Å². The second kappa shape index (κ2) is 6.29. The Labute approximate surface area is 142 Å². The van der Waals surface area contributed by atoms with Crippen LogP contribution in [0.2, 0.25) is 0 Å². The van der Waals surface area contributed by atoms with Gasteiger partial charge >= 0.3 is 0 Å². The number of hydrogen-bond acceptors (Lipinski definition) is 4. The summed E-state index contributed by atoms with van der Waals surface area (Å²) >= 11 is 0. The predicted molar refractivity (Wildman–Crippen MR) is 90.1 cm³/mol. The van der Waals surface area contributed by atoms with Gasteiger partial charge in [-0.25, -0.2) is 8.42 Å². The molecule has 6 nitrogen and oxygen atoms in total. The molecule has 2 aromatic rings. The van der Waals surface area contributed by atoms with Crippen molar-refractivity contribution in [1.29, 1.82) is 0 Å². The summed E-state index contributed by atoms with van der Waals surface area (Å²) in [6, 6.07) is 4.06. The predicted octanol–water partition coefficient (Wildman–Crippen LogP) is 2.18. The highest BCUT2D eigenvalue weighted by Gasteiger charge is 2.33. The van der Waals surface area contributed by atoms with Crippen LogP contribution in [-0.2, 0) is 23.0 Å². The van der Waals surface area contributed by atoms with Gasteiger partial charge in [0.25, 0.3) is 0 Å². The largest absolute Gasteiger partial charge is 0.268 e. The van der Waals surface area contributed by atoms with Gasteiger partial charge in [-0.15, -0.1) is 0 Å². The van der Waals surface area contributed by atoms with E-state index in [-0.39, 0.29) is 0 Å². The van der Waals surface area contributed by atoms with Crippen LogP contribution in [0.25, 0.3) is 0 Å². The third-order valence-electron chi connectivity index (χ3n) is 5.19. The Morgan fingerprint density at radius 2 is 1.79 bits per heavy atom. The lowest BCUT2D eigenvalue weighted by Crippen LogP contribution is -2.38. The van der Waals surface area contributed by atoms with Gasteiger partial charge in [-0.3, -0.25) is 9.67 Å². The average Bonchev–Trinajstić information content (AvgIpc) is 3.07. The summed E-state index contributed by atoms with van der Waals surface area (Å²) in [5.41, 5.74) is 2.14. The van der Waals surface area contributed by atoms with E-state index in [0.29, 0.717) is 23.9 Å². The summed E-state index contributed by atoms with van der Waals surface area (Å²) in [6.07, 6.45) is 9.78. The first kappa shape index (κ1) is 15.8. The lowest BCUT2D eigenvalue weighted by molar-refractivity contribution is 0.319. The highest BCUT2D eigenvalue weighted by Crippen LogP contribution is 2.32. The number of rotatable bonds is 3. The molecule has 0 saturated carbocycles. The molecule has 0 unspecified atom stereocenters. The fourth-order valence-electron chi connectivity index (χ4n) is 3.81. The highest BCUT2D eigenvalue weighted by atomic mass is 32.2. The lowest BCUT2D eigenvalue weighted by atomic mass is 9.91.